The molecule has 1 aliphatic rings. The van der Waals surface area contributed by atoms with Crippen LogP contribution < -0.4 is 5.32 Å². The van der Waals surface area contributed by atoms with Crippen molar-refractivity contribution in [1.29, 1.82) is 0 Å². The zero-order valence-corrected chi connectivity index (χ0v) is 13.3. The van der Waals surface area contributed by atoms with Gasteiger partial charge in [0.15, 0.2) is 0 Å². The van der Waals surface area contributed by atoms with Gasteiger partial charge in [0.2, 0.25) is 5.91 Å². The van der Waals surface area contributed by atoms with Gasteiger partial charge in [0.1, 0.15) is 0 Å². The average Bonchev–Trinajstić information content (AvgIpc) is 2.49. The Kier molecular flexibility index (Phi) is 6.30. The van der Waals surface area contributed by atoms with Gasteiger partial charge in [-0.15, -0.1) is 0 Å². The summed E-state index contributed by atoms with van der Waals surface area (Å²) in [5, 5.41) is 13.0. The molecule has 1 aliphatic heterocycles. The summed E-state index contributed by atoms with van der Waals surface area (Å²) >= 11 is 11.9. The molecule has 4 nitrogen and oxygen atoms in total. The van der Waals surface area contributed by atoms with Crippen LogP contribution in [0.3, 0.4) is 0 Å². The number of anilines is 1. The number of hydrogen-bond acceptors (Lipinski definition) is 3. The van der Waals surface area contributed by atoms with E-state index in [2.05, 4.69) is 10.2 Å². The number of nitrogens with zero attached hydrogens (tertiary/aromatic N) is 1. The number of rotatable bonds is 5. The first-order chi connectivity index (χ1) is 10.1. The average molecular weight is 331 g/mol. The topological polar surface area (TPSA) is 52.6 Å². The SMILES string of the molecule is O=C(CCN1CCCC(CO)C1)Nc1cc(Cl)ccc1Cl. The first-order valence-corrected chi connectivity index (χ1v) is 7.92. The summed E-state index contributed by atoms with van der Waals surface area (Å²) in [5.74, 6) is 0.259. The first-order valence-electron chi connectivity index (χ1n) is 7.16. The number of aliphatic hydroxyl groups is 1. The summed E-state index contributed by atoms with van der Waals surface area (Å²) in [5.41, 5.74) is 0.543. The van der Waals surface area contributed by atoms with Crippen LogP contribution in [-0.4, -0.2) is 42.2 Å². The maximum Gasteiger partial charge on any atom is 0.225 e. The van der Waals surface area contributed by atoms with E-state index in [9.17, 15) is 9.90 Å². The molecular formula is C15H20Cl2N2O2. The molecule has 0 bridgehead atoms. The second-order valence-electron chi connectivity index (χ2n) is 5.41. The normalized spacial score (nSPS) is 19.5. The maximum absolute atomic E-state index is 12.0. The molecular weight excluding hydrogens is 311 g/mol. The number of carbonyl (C=O) groups excluding carboxylic acids is 1. The zero-order chi connectivity index (χ0) is 15.2. The summed E-state index contributed by atoms with van der Waals surface area (Å²) < 4.78 is 0. The van der Waals surface area contributed by atoms with E-state index in [-0.39, 0.29) is 12.5 Å². The molecule has 1 atom stereocenters. The molecule has 116 valence electrons. The van der Waals surface area contributed by atoms with E-state index in [1.165, 1.54) is 0 Å². The highest BCUT2D eigenvalue weighted by Crippen LogP contribution is 2.25. The van der Waals surface area contributed by atoms with E-state index < -0.39 is 0 Å². The zero-order valence-electron chi connectivity index (χ0n) is 11.8. The van der Waals surface area contributed by atoms with Gasteiger partial charge in [-0.05, 0) is 43.5 Å². The van der Waals surface area contributed by atoms with Crippen LogP contribution in [-0.2, 0) is 4.79 Å². The smallest absolute Gasteiger partial charge is 0.225 e. The number of halogens is 2. The summed E-state index contributed by atoms with van der Waals surface area (Å²) in [6.45, 7) is 2.77. The monoisotopic (exact) mass is 330 g/mol. The predicted molar refractivity (Wildman–Crippen MR) is 86.0 cm³/mol. The summed E-state index contributed by atoms with van der Waals surface area (Å²) in [4.78, 5) is 14.2. The number of hydrogen-bond donors (Lipinski definition) is 2. The molecule has 1 heterocycles. The molecule has 6 heteroatoms. The van der Waals surface area contributed by atoms with Crippen LogP contribution in [0.1, 0.15) is 19.3 Å². The number of piperidine rings is 1. The Morgan fingerprint density at radius 3 is 3.00 bits per heavy atom. The van der Waals surface area contributed by atoms with E-state index in [0.717, 1.165) is 25.9 Å². The van der Waals surface area contributed by atoms with Crippen molar-refractivity contribution in [3.05, 3.63) is 28.2 Å². The number of amides is 1. The predicted octanol–water partition coefficient (Wildman–Crippen LogP) is 3.03. The third-order valence-electron chi connectivity index (χ3n) is 3.72. The molecule has 2 rings (SSSR count). The van der Waals surface area contributed by atoms with Gasteiger partial charge in [-0.1, -0.05) is 23.2 Å². The summed E-state index contributed by atoms with van der Waals surface area (Å²) in [7, 11) is 0. The van der Waals surface area contributed by atoms with Crippen molar-refractivity contribution in [2.45, 2.75) is 19.3 Å². The molecule has 1 unspecified atom stereocenters. The van der Waals surface area contributed by atoms with Crippen molar-refractivity contribution in [3.8, 4) is 0 Å². The first kappa shape index (κ1) is 16.6. The van der Waals surface area contributed by atoms with Crippen LogP contribution in [0.15, 0.2) is 18.2 Å². The lowest BCUT2D eigenvalue weighted by Crippen LogP contribution is -2.38. The number of aliphatic hydroxyl groups excluding tert-OH is 1. The van der Waals surface area contributed by atoms with Gasteiger partial charge in [0.25, 0.3) is 0 Å². The molecule has 0 saturated carbocycles. The molecule has 0 spiro atoms. The highest BCUT2D eigenvalue weighted by molar-refractivity contribution is 6.35. The van der Waals surface area contributed by atoms with E-state index in [1.54, 1.807) is 18.2 Å². The van der Waals surface area contributed by atoms with E-state index in [1.807, 2.05) is 0 Å². The molecule has 1 fully saturated rings. The number of likely N-dealkylation sites (tertiary alicyclic amines) is 1. The molecule has 0 radical (unpaired) electrons. The van der Waals surface area contributed by atoms with Gasteiger partial charge < -0.3 is 15.3 Å². The Morgan fingerprint density at radius 1 is 1.43 bits per heavy atom. The van der Waals surface area contributed by atoms with Crippen LogP contribution in [0, 0.1) is 5.92 Å². The maximum atomic E-state index is 12.0. The Labute approximate surface area is 135 Å². The van der Waals surface area contributed by atoms with Gasteiger partial charge in [-0.2, -0.15) is 0 Å². The molecule has 1 aromatic rings. The molecule has 2 N–H and O–H groups in total. The quantitative estimate of drug-likeness (QED) is 0.872. The van der Waals surface area contributed by atoms with E-state index >= 15 is 0 Å². The van der Waals surface area contributed by atoms with Gasteiger partial charge in [0.05, 0.1) is 10.7 Å². The second-order valence-corrected chi connectivity index (χ2v) is 6.26. The Bertz CT molecular complexity index is 497. The highest BCUT2D eigenvalue weighted by atomic mass is 35.5. The van der Waals surface area contributed by atoms with Crippen molar-refractivity contribution in [2.24, 2.45) is 5.92 Å². The van der Waals surface area contributed by atoms with Crippen LogP contribution in [0.25, 0.3) is 0 Å². The van der Waals surface area contributed by atoms with E-state index in [4.69, 9.17) is 23.2 Å². The van der Waals surface area contributed by atoms with Crippen molar-refractivity contribution in [3.63, 3.8) is 0 Å². The fourth-order valence-electron chi connectivity index (χ4n) is 2.57. The van der Waals surface area contributed by atoms with Crippen LogP contribution in [0.5, 0.6) is 0 Å². The Hall–Kier alpha value is -0.810. The minimum Gasteiger partial charge on any atom is -0.396 e. The highest BCUT2D eigenvalue weighted by Gasteiger charge is 2.19. The van der Waals surface area contributed by atoms with Crippen molar-refractivity contribution >= 4 is 34.8 Å². The molecule has 0 aromatic heterocycles. The third-order valence-corrected chi connectivity index (χ3v) is 4.28. The molecule has 0 aliphatic carbocycles. The second kappa shape index (κ2) is 7.99. The minimum absolute atomic E-state index is 0.0784. The van der Waals surface area contributed by atoms with Gasteiger partial charge >= 0.3 is 0 Å². The summed E-state index contributed by atoms with van der Waals surface area (Å²) in [6, 6.07) is 4.99. The van der Waals surface area contributed by atoms with Gasteiger partial charge in [-0.25, -0.2) is 0 Å². The Morgan fingerprint density at radius 2 is 2.24 bits per heavy atom. The van der Waals surface area contributed by atoms with Crippen molar-refractivity contribution in [1.82, 2.24) is 4.90 Å². The standard InChI is InChI=1S/C15H20Cl2N2O2/c16-12-3-4-13(17)14(8-12)18-15(21)5-7-19-6-1-2-11(9-19)10-20/h3-4,8,11,20H,1-2,5-7,9-10H2,(H,18,21). The lowest BCUT2D eigenvalue weighted by Gasteiger charge is -2.31. The molecule has 1 amide bonds. The molecule has 1 saturated heterocycles. The van der Waals surface area contributed by atoms with Crippen molar-refractivity contribution in [2.75, 3.05) is 31.6 Å². The van der Waals surface area contributed by atoms with Crippen LogP contribution in [0.4, 0.5) is 5.69 Å². The fourth-order valence-corrected chi connectivity index (χ4v) is 2.91. The van der Waals surface area contributed by atoms with Crippen LogP contribution >= 0.6 is 23.2 Å². The van der Waals surface area contributed by atoms with Crippen molar-refractivity contribution < 1.29 is 9.90 Å². The van der Waals surface area contributed by atoms with Crippen LogP contribution in [0.2, 0.25) is 10.0 Å². The molecule has 21 heavy (non-hydrogen) atoms. The largest absolute Gasteiger partial charge is 0.396 e. The lowest BCUT2D eigenvalue weighted by atomic mass is 9.99. The van der Waals surface area contributed by atoms with Gasteiger partial charge in [0, 0.05) is 31.1 Å². The lowest BCUT2D eigenvalue weighted by molar-refractivity contribution is -0.116. The minimum atomic E-state index is -0.0784. The number of benzene rings is 1. The van der Waals surface area contributed by atoms with E-state index in [0.29, 0.717) is 34.6 Å². The number of carbonyl (C=O) groups is 1. The molecule has 1 aromatic carbocycles. The van der Waals surface area contributed by atoms with Gasteiger partial charge in [-0.3, -0.25) is 4.79 Å². The summed E-state index contributed by atoms with van der Waals surface area (Å²) in [6.07, 6.45) is 2.55. The fraction of sp³-hybridized carbons (Fsp3) is 0.533. The number of nitrogens with one attached hydrogen (secondary N) is 1. The third kappa shape index (κ3) is 5.15. The Balaban J connectivity index is 1.80.